The van der Waals surface area contributed by atoms with Crippen molar-refractivity contribution in [3.63, 3.8) is 0 Å². The lowest BCUT2D eigenvalue weighted by atomic mass is 10.2. The van der Waals surface area contributed by atoms with Gasteiger partial charge in [-0.25, -0.2) is 0 Å². The molecule has 29 heavy (non-hydrogen) atoms. The van der Waals surface area contributed by atoms with Crippen LogP contribution in [0, 0.1) is 24.0 Å². The van der Waals surface area contributed by atoms with Gasteiger partial charge < -0.3 is 5.32 Å². The molecule has 1 N–H and O–H groups in total. The summed E-state index contributed by atoms with van der Waals surface area (Å²) < 4.78 is 1.82. The number of halogens is 1. The van der Waals surface area contributed by atoms with E-state index in [9.17, 15) is 14.9 Å². The average molecular weight is 432 g/mol. The van der Waals surface area contributed by atoms with Crippen LogP contribution in [0.15, 0.2) is 47.6 Å². The first-order valence-corrected chi connectivity index (χ1v) is 9.92. The average Bonchev–Trinajstić information content (AvgIpc) is 3.03. The first-order valence-electron chi connectivity index (χ1n) is 8.67. The molecule has 0 fully saturated rings. The molecule has 10 heteroatoms. The fourth-order valence-corrected chi connectivity index (χ4v) is 3.73. The molecule has 0 saturated carbocycles. The van der Waals surface area contributed by atoms with E-state index in [1.165, 1.54) is 23.9 Å². The number of nitrogens with zero attached hydrogens (tertiary/aromatic N) is 4. The van der Waals surface area contributed by atoms with Crippen LogP contribution in [0.5, 0.6) is 0 Å². The number of thioether (sulfide) groups is 1. The van der Waals surface area contributed by atoms with Gasteiger partial charge in [-0.1, -0.05) is 35.5 Å². The van der Waals surface area contributed by atoms with Gasteiger partial charge in [-0.15, -0.1) is 10.2 Å². The third-order valence-corrected chi connectivity index (χ3v) is 5.48. The van der Waals surface area contributed by atoms with E-state index in [2.05, 4.69) is 15.5 Å². The van der Waals surface area contributed by atoms with Gasteiger partial charge in [0.1, 0.15) is 5.82 Å². The molecule has 0 bridgehead atoms. The van der Waals surface area contributed by atoms with E-state index in [0.717, 1.165) is 11.3 Å². The number of hydrogen-bond acceptors (Lipinski definition) is 6. The Morgan fingerprint density at radius 3 is 2.69 bits per heavy atom. The summed E-state index contributed by atoms with van der Waals surface area (Å²) in [6.07, 6.45) is 0. The maximum Gasteiger partial charge on any atom is 0.271 e. The molecule has 0 aliphatic rings. The van der Waals surface area contributed by atoms with Gasteiger partial charge in [-0.2, -0.15) is 0 Å². The summed E-state index contributed by atoms with van der Waals surface area (Å²) in [6, 6.07) is 11.6. The largest absolute Gasteiger partial charge is 0.325 e. The molecule has 150 valence electrons. The molecule has 0 aliphatic heterocycles. The lowest BCUT2D eigenvalue weighted by Crippen LogP contribution is -2.23. The lowest BCUT2D eigenvalue weighted by Gasteiger charge is -2.14. The van der Waals surface area contributed by atoms with E-state index >= 15 is 0 Å². The van der Waals surface area contributed by atoms with Gasteiger partial charge in [-0.3, -0.25) is 19.5 Å². The van der Waals surface area contributed by atoms with E-state index < -0.39 is 10.2 Å². The molecule has 1 heterocycles. The fourth-order valence-electron chi connectivity index (χ4n) is 2.64. The van der Waals surface area contributed by atoms with Gasteiger partial charge in [0.25, 0.3) is 5.69 Å². The maximum absolute atomic E-state index is 12.7. The van der Waals surface area contributed by atoms with Crippen LogP contribution >= 0.6 is 23.4 Å². The predicted molar refractivity (Wildman–Crippen MR) is 113 cm³/mol. The topological polar surface area (TPSA) is 103 Å². The molecular formula is C19H18ClN5O3S. The van der Waals surface area contributed by atoms with E-state index in [1.54, 1.807) is 32.0 Å². The Bertz CT molecular complexity index is 1090. The third-order valence-electron chi connectivity index (χ3n) is 4.20. The van der Waals surface area contributed by atoms with Crippen molar-refractivity contribution in [1.82, 2.24) is 14.8 Å². The Labute approximate surface area is 176 Å². The fraction of sp³-hybridized carbons (Fsp3) is 0.211. The van der Waals surface area contributed by atoms with Crippen molar-refractivity contribution in [3.05, 3.63) is 69.0 Å². The third kappa shape index (κ3) is 4.75. The summed E-state index contributed by atoms with van der Waals surface area (Å²) in [4.78, 5) is 23.2. The SMILES string of the molecule is Cc1ccc([N+](=O)[O-])cc1NC(=O)[C@H](C)Sc1nnc(C)n1-c1cccc(Cl)c1. The molecule has 0 spiro atoms. The van der Waals surface area contributed by atoms with Crippen molar-refractivity contribution in [2.45, 2.75) is 31.2 Å². The van der Waals surface area contributed by atoms with Gasteiger partial charge in [0.2, 0.25) is 5.91 Å². The van der Waals surface area contributed by atoms with E-state index in [0.29, 0.717) is 21.7 Å². The Morgan fingerprint density at radius 2 is 2.00 bits per heavy atom. The molecule has 2 aromatic carbocycles. The van der Waals surface area contributed by atoms with E-state index in [1.807, 2.05) is 23.6 Å². The number of hydrogen-bond donors (Lipinski definition) is 1. The Morgan fingerprint density at radius 1 is 1.24 bits per heavy atom. The van der Waals surface area contributed by atoms with Gasteiger partial charge in [-0.05, 0) is 44.5 Å². The molecule has 0 radical (unpaired) electrons. The summed E-state index contributed by atoms with van der Waals surface area (Å²) in [5, 5.41) is 22.6. The van der Waals surface area contributed by atoms with Crippen LogP contribution in [0.2, 0.25) is 5.02 Å². The number of nitro groups is 1. The first kappa shape index (κ1) is 20.8. The van der Waals surface area contributed by atoms with Crippen molar-refractivity contribution in [2.75, 3.05) is 5.32 Å². The van der Waals surface area contributed by atoms with Gasteiger partial charge >= 0.3 is 0 Å². The standard InChI is InChI=1S/C19H18ClN5O3S/c1-11-7-8-16(25(27)28)10-17(11)21-18(26)12(2)29-19-23-22-13(3)24(19)15-6-4-5-14(20)9-15/h4-10,12H,1-3H3,(H,21,26)/t12-/m0/s1. The van der Waals surface area contributed by atoms with Crippen molar-refractivity contribution in [2.24, 2.45) is 0 Å². The summed E-state index contributed by atoms with van der Waals surface area (Å²) in [5.74, 6) is 0.369. The van der Waals surface area contributed by atoms with Crippen LogP contribution in [-0.2, 0) is 4.79 Å². The maximum atomic E-state index is 12.7. The van der Waals surface area contributed by atoms with E-state index in [4.69, 9.17) is 11.6 Å². The smallest absolute Gasteiger partial charge is 0.271 e. The van der Waals surface area contributed by atoms with Gasteiger partial charge in [0.15, 0.2) is 5.16 Å². The number of nitro benzene ring substituents is 1. The molecule has 3 rings (SSSR count). The van der Waals surface area contributed by atoms with Crippen LogP contribution in [-0.4, -0.2) is 30.8 Å². The first-order chi connectivity index (χ1) is 13.8. The zero-order valence-electron chi connectivity index (χ0n) is 15.9. The second-order valence-corrected chi connectivity index (χ2v) is 8.10. The van der Waals surface area contributed by atoms with Crippen molar-refractivity contribution in [3.8, 4) is 5.69 Å². The highest BCUT2D eigenvalue weighted by Gasteiger charge is 2.21. The number of non-ortho nitro benzene ring substituents is 1. The summed E-state index contributed by atoms with van der Waals surface area (Å²) >= 11 is 7.33. The molecule has 0 aliphatic carbocycles. The highest BCUT2D eigenvalue weighted by atomic mass is 35.5. The summed E-state index contributed by atoms with van der Waals surface area (Å²) in [5.41, 5.74) is 1.86. The van der Waals surface area contributed by atoms with E-state index in [-0.39, 0.29) is 11.6 Å². The number of amides is 1. The number of benzene rings is 2. The molecular weight excluding hydrogens is 414 g/mol. The molecule has 0 saturated heterocycles. The molecule has 1 atom stereocenters. The summed E-state index contributed by atoms with van der Waals surface area (Å²) in [7, 11) is 0. The molecule has 8 nitrogen and oxygen atoms in total. The minimum absolute atomic E-state index is 0.0810. The molecule has 1 amide bonds. The molecule has 0 unspecified atom stereocenters. The number of aryl methyl sites for hydroxylation is 2. The Kier molecular flexibility index (Phi) is 6.19. The van der Waals surface area contributed by atoms with Crippen LogP contribution < -0.4 is 5.32 Å². The van der Waals surface area contributed by atoms with Gasteiger partial charge in [0, 0.05) is 17.2 Å². The van der Waals surface area contributed by atoms with Crippen molar-refractivity contribution in [1.29, 1.82) is 0 Å². The highest BCUT2D eigenvalue weighted by molar-refractivity contribution is 8.00. The normalized spacial score (nSPS) is 11.9. The zero-order valence-corrected chi connectivity index (χ0v) is 17.5. The Balaban J connectivity index is 1.79. The monoisotopic (exact) mass is 431 g/mol. The van der Waals surface area contributed by atoms with Crippen molar-refractivity contribution >= 4 is 40.6 Å². The van der Waals surface area contributed by atoms with Crippen molar-refractivity contribution < 1.29 is 9.72 Å². The zero-order chi connectivity index (χ0) is 21.1. The second kappa shape index (κ2) is 8.62. The molecule has 3 aromatic rings. The number of anilines is 1. The second-order valence-electron chi connectivity index (χ2n) is 6.35. The highest BCUT2D eigenvalue weighted by Crippen LogP contribution is 2.28. The molecule has 1 aromatic heterocycles. The number of carbonyl (C=O) groups excluding carboxylic acids is 1. The number of nitrogens with one attached hydrogen (secondary N) is 1. The van der Waals surface area contributed by atoms with Gasteiger partial charge in [0.05, 0.1) is 21.5 Å². The minimum Gasteiger partial charge on any atom is -0.325 e. The van der Waals surface area contributed by atoms with Crippen LogP contribution in [0.25, 0.3) is 5.69 Å². The summed E-state index contributed by atoms with van der Waals surface area (Å²) in [6.45, 7) is 5.32. The minimum atomic E-state index is -0.518. The number of aromatic nitrogens is 3. The number of carbonyl (C=O) groups is 1. The Hall–Kier alpha value is -2.91. The van der Waals surface area contributed by atoms with Crippen LogP contribution in [0.1, 0.15) is 18.3 Å². The van der Waals surface area contributed by atoms with Crippen LogP contribution in [0.3, 0.4) is 0 Å². The van der Waals surface area contributed by atoms with Crippen LogP contribution in [0.4, 0.5) is 11.4 Å². The lowest BCUT2D eigenvalue weighted by molar-refractivity contribution is -0.384. The number of rotatable bonds is 6. The quantitative estimate of drug-likeness (QED) is 0.348. The predicted octanol–water partition coefficient (Wildman–Crippen LogP) is 4.57.